The third-order valence-electron chi connectivity index (χ3n) is 3.04. The summed E-state index contributed by atoms with van der Waals surface area (Å²) in [6, 6.07) is 10.1. The lowest BCUT2D eigenvalue weighted by Gasteiger charge is -2.28. The first kappa shape index (κ1) is 10.2. The predicted molar refractivity (Wildman–Crippen MR) is 58.9 cm³/mol. The van der Waals surface area contributed by atoms with Crippen LogP contribution in [0.15, 0.2) is 24.3 Å². The molecule has 0 bridgehead atoms. The van der Waals surface area contributed by atoms with Crippen LogP contribution in [0.4, 0.5) is 0 Å². The summed E-state index contributed by atoms with van der Waals surface area (Å²) in [6.45, 7) is 1.93. The van der Waals surface area contributed by atoms with Crippen LogP contribution in [0.5, 0.6) is 0 Å². The summed E-state index contributed by atoms with van der Waals surface area (Å²) >= 11 is 0. The van der Waals surface area contributed by atoms with Crippen molar-refractivity contribution >= 4 is 0 Å². The van der Waals surface area contributed by atoms with E-state index in [1.54, 1.807) is 0 Å². The van der Waals surface area contributed by atoms with Gasteiger partial charge in [0.15, 0.2) is 0 Å². The molecule has 78 valence electrons. The summed E-state index contributed by atoms with van der Waals surface area (Å²) in [5, 5.41) is 10.6. The van der Waals surface area contributed by atoms with E-state index in [0.29, 0.717) is 5.92 Å². The fourth-order valence-corrected chi connectivity index (χ4v) is 2.06. The largest absolute Gasteiger partial charge is 0.269 e. The average molecular weight is 201 g/mol. The standard InChI is InChI=1S/C12H15N3/c13-9-10-1-3-11(4-2-10)12-5-7-15(14)8-6-12/h1-4,12H,5-8,14H2. The quantitative estimate of drug-likeness (QED) is 0.702. The molecule has 15 heavy (non-hydrogen) atoms. The molecule has 0 amide bonds. The Bertz CT molecular complexity index is 355. The van der Waals surface area contributed by atoms with Crippen LogP contribution in [0, 0.1) is 11.3 Å². The molecular formula is C12H15N3. The van der Waals surface area contributed by atoms with Gasteiger partial charge in [-0.1, -0.05) is 12.1 Å². The molecule has 0 spiro atoms. The van der Waals surface area contributed by atoms with E-state index in [9.17, 15) is 0 Å². The number of hydrogen-bond acceptors (Lipinski definition) is 3. The van der Waals surface area contributed by atoms with Crippen molar-refractivity contribution in [2.24, 2.45) is 5.84 Å². The number of nitrogens with zero attached hydrogens (tertiary/aromatic N) is 2. The molecule has 0 atom stereocenters. The van der Waals surface area contributed by atoms with E-state index in [2.05, 4.69) is 18.2 Å². The minimum absolute atomic E-state index is 0.609. The van der Waals surface area contributed by atoms with Gasteiger partial charge in [0, 0.05) is 13.1 Å². The monoisotopic (exact) mass is 201 g/mol. The predicted octanol–water partition coefficient (Wildman–Crippen LogP) is 1.61. The Labute approximate surface area is 90.1 Å². The van der Waals surface area contributed by atoms with Crippen molar-refractivity contribution < 1.29 is 0 Å². The van der Waals surface area contributed by atoms with E-state index in [0.717, 1.165) is 31.5 Å². The fourth-order valence-electron chi connectivity index (χ4n) is 2.06. The Kier molecular flexibility index (Phi) is 3.00. The highest BCUT2D eigenvalue weighted by Crippen LogP contribution is 2.26. The van der Waals surface area contributed by atoms with Crippen molar-refractivity contribution in [3.8, 4) is 6.07 Å². The van der Waals surface area contributed by atoms with E-state index >= 15 is 0 Å². The van der Waals surface area contributed by atoms with E-state index in [4.69, 9.17) is 11.1 Å². The van der Waals surface area contributed by atoms with Crippen molar-refractivity contribution in [3.63, 3.8) is 0 Å². The first-order valence-corrected chi connectivity index (χ1v) is 5.29. The van der Waals surface area contributed by atoms with Gasteiger partial charge in [-0.3, -0.25) is 5.84 Å². The lowest BCUT2D eigenvalue weighted by Crippen LogP contribution is -2.38. The number of hydrogen-bond donors (Lipinski definition) is 1. The number of rotatable bonds is 1. The van der Waals surface area contributed by atoms with Crippen LogP contribution in [0.1, 0.15) is 29.9 Å². The molecule has 1 heterocycles. The topological polar surface area (TPSA) is 53.0 Å². The first-order valence-electron chi connectivity index (χ1n) is 5.29. The Hall–Kier alpha value is -1.37. The van der Waals surface area contributed by atoms with Gasteiger partial charge in [-0.2, -0.15) is 5.26 Å². The number of hydrazine groups is 1. The van der Waals surface area contributed by atoms with Gasteiger partial charge in [-0.15, -0.1) is 0 Å². The van der Waals surface area contributed by atoms with E-state index in [1.807, 2.05) is 17.1 Å². The van der Waals surface area contributed by atoms with Gasteiger partial charge < -0.3 is 0 Å². The SMILES string of the molecule is N#Cc1ccc(C2CCN(N)CC2)cc1. The fraction of sp³-hybridized carbons (Fsp3) is 0.417. The van der Waals surface area contributed by atoms with Gasteiger partial charge in [0.2, 0.25) is 0 Å². The van der Waals surface area contributed by atoms with Crippen molar-refractivity contribution in [2.45, 2.75) is 18.8 Å². The number of nitriles is 1. The number of benzene rings is 1. The second kappa shape index (κ2) is 4.43. The Morgan fingerprint density at radius 1 is 1.20 bits per heavy atom. The Morgan fingerprint density at radius 3 is 2.33 bits per heavy atom. The third-order valence-corrected chi connectivity index (χ3v) is 3.04. The van der Waals surface area contributed by atoms with Crippen LogP contribution in [0.25, 0.3) is 0 Å². The summed E-state index contributed by atoms with van der Waals surface area (Å²) in [4.78, 5) is 0. The van der Waals surface area contributed by atoms with Crippen LogP contribution in [0.3, 0.4) is 0 Å². The lowest BCUT2D eigenvalue weighted by molar-refractivity contribution is 0.217. The van der Waals surface area contributed by atoms with Crippen LogP contribution in [0.2, 0.25) is 0 Å². The van der Waals surface area contributed by atoms with Gasteiger partial charge >= 0.3 is 0 Å². The maximum absolute atomic E-state index is 8.70. The molecule has 1 aromatic carbocycles. The molecule has 2 rings (SSSR count). The van der Waals surface area contributed by atoms with Gasteiger partial charge in [0.05, 0.1) is 11.6 Å². The first-order chi connectivity index (χ1) is 7.29. The molecule has 1 saturated heterocycles. The van der Waals surface area contributed by atoms with Gasteiger partial charge in [0.25, 0.3) is 0 Å². The van der Waals surface area contributed by atoms with Gasteiger partial charge in [0.1, 0.15) is 0 Å². The molecule has 0 saturated carbocycles. The summed E-state index contributed by atoms with van der Waals surface area (Å²) in [5.41, 5.74) is 2.07. The second-order valence-electron chi connectivity index (χ2n) is 4.04. The molecule has 3 nitrogen and oxygen atoms in total. The van der Waals surface area contributed by atoms with Gasteiger partial charge in [-0.05, 0) is 36.5 Å². The molecule has 0 aromatic heterocycles. The average Bonchev–Trinajstić information content (AvgIpc) is 2.30. The zero-order valence-electron chi connectivity index (χ0n) is 8.69. The minimum Gasteiger partial charge on any atom is -0.269 e. The molecule has 1 aromatic rings. The molecule has 2 N–H and O–H groups in total. The smallest absolute Gasteiger partial charge is 0.0991 e. The molecule has 1 aliphatic heterocycles. The number of piperidine rings is 1. The van der Waals surface area contributed by atoms with Crippen molar-refractivity contribution in [3.05, 3.63) is 35.4 Å². The summed E-state index contributed by atoms with van der Waals surface area (Å²) in [5.74, 6) is 6.32. The molecule has 0 unspecified atom stereocenters. The minimum atomic E-state index is 0.609. The normalized spacial score (nSPS) is 18.7. The van der Waals surface area contributed by atoms with E-state index in [-0.39, 0.29) is 0 Å². The molecule has 0 aliphatic carbocycles. The molecule has 3 heteroatoms. The van der Waals surface area contributed by atoms with Crippen LogP contribution in [-0.2, 0) is 0 Å². The molecule has 1 aliphatic rings. The van der Waals surface area contributed by atoms with Crippen molar-refractivity contribution in [1.29, 1.82) is 5.26 Å². The summed E-state index contributed by atoms with van der Waals surface area (Å²) in [7, 11) is 0. The van der Waals surface area contributed by atoms with Gasteiger partial charge in [-0.25, -0.2) is 5.01 Å². The van der Waals surface area contributed by atoms with Crippen LogP contribution < -0.4 is 5.84 Å². The van der Waals surface area contributed by atoms with Crippen LogP contribution >= 0.6 is 0 Å². The third kappa shape index (κ3) is 2.35. The van der Waals surface area contributed by atoms with Crippen molar-refractivity contribution in [2.75, 3.05) is 13.1 Å². The molecule has 0 radical (unpaired) electrons. The number of nitrogens with two attached hydrogens (primary N) is 1. The van der Waals surface area contributed by atoms with E-state index in [1.165, 1.54) is 5.56 Å². The highest BCUT2D eigenvalue weighted by Gasteiger charge is 2.18. The van der Waals surface area contributed by atoms with E-state index < -0.39 is 0 Å². The maximum Gasteiger partial charge on any atom is 0.0991 e. The Morgan fingerprint density at radius 2 is 1.80 bits per heavy atom. The Balaban J connectivity index is 2.07. The highest BCUT2D eigenvalue weighted by atomic mass is 15.4. The lowest BCUT2D eigenvalue weighted by atomic mass is 9.89. The molecule has 1 fully saturated rings. The maximum atomic E-state index is 8.70. The summed E-state index contributed by atoms with van der Waals surface area (Å²) in [6.07, 6.45) is 2.23. The second-order valence-corrected chi connectivity index (χ2v) is 4.04. The zero-order chi connectivity index (χ0) is 10.7. The molecular weight excluding hydrogens is 186 g/mol. The zero-order valence-corrected chi connectivity index (χ0v) is 8.69. The highest BCUT2D eigenvalue weighted by molar-refractivity contribution is 5.33. The summed E-state index contributed by atoms with van der Waals surface area (Å²) < 4.78 is 0. The van der Waals surface area contributed by atoms with Crippen molar-refractivity contribution in [1.82, 2.24) is 5.01 Å². The van der Waals surface area contributed by atoms with Crippen LogP contribution in [-0.4, -0.2) is 18.1 Å².